The van der Waals surface area contributed by atoms with Crippen molar-refractivity contribution < 1.29 is 9.53 Å². The van der Waals surface area contributed by atoms with Crippen molar-refractivity contribution in [3.63, 3.8) is 0 Å². The Bertz CT molecular complexity index is 185. The molecule has 3 N–H and O–H groups in total. The van der Waals surface area contributed by atoms with Gasteiger partial charge in [-0.15, -0.1) is 0 Å². The number of methoxy groups -OCH3 is 1. The maximum absolute atomic E-state index is 11.7. The van der Waals surface area contributed by atoms with E-state index in [0.29, 0.717) is 25.6 Å². The van der Waals surface area contributed by atoms with Gasteiger partial charge in [0.1, 0.15) is 0 Å². The number of hydrogen-bond acceptors (Lipinski definition) is 3. The Kier molecular flexibility index (Phi) is 4.90. The summed E-state index contributed by atoms with van der Waals surface area (Å²) in [6.07, 6.45) is 3.21. The van der Waals surface area contributed by atoms with Crippen molar-refractivity contribution in [3.8, 4) is 0 Å². The summed E-state index contributed by atoms with van der Waals surface area (Å²) in [5, 5.41) is 2.87. The molecule has 0 aromatic heterocycles. The molecule has 0 bridgehead atoms. The van der Waals surface area contributed by atoms with E-state index in [9.17, 15) is 4.79 Å². The van der Waals surface area contributed by atoms with Crippen LogP contribution in [0.5, 0.6) is 0 Å². The minimum Gasteiger partial charge on any atom is -0.383 e. The summed E-state index contributed by atoms with van der Waals surface area (Å²) in [7, 11) is 1.63. The van der Waals surface area contributed by atoms with Crippen LogP contribution >= 0.6 is 0 Å². The molecule has 4 heteroatoms. The van der Waals surface area contributed by atoms with Crippen LogP contribution in [0.2, 0.25) is 0 Å². The van der Waals surface area contributed by atoms with Gasteiger partial charge in [-0.3, -0.25) is 4.79 Å². The van der Waals surface area contributed by atoms with Gasteiger partial charge >= 0.3 is 0 Å². The number of nitrogens with one attached hydrogen (secondary N) is 1. The molecule has 14 heavy (non-hydrogen) atoms. The Balaban J connectivity index is 2.28. The molecule has 0 aliphatic heterocycles. The van der Waals surface area contributed by atoms with Gasteiger partial charge in [0.25, 0.3) is 0 Å². The topological polar surface area (TPSA) is 64.3 Å². The summed E-state index contributed by atoms with van der Waals surface area (Å²) in [5.74, 6) is 0.671. The second-order valence-electron chi connectivity index (χ2n) is 3.82. The fourth-order valence-corrected chi connectivity index (χ4v) is 2.07. The second-order valence-corrected chi connectivity index (χ2v) is 3.82. The Morgan fingerprint density at radius 1 is 1.57 bits per heavy atom. The van der Waals surface area contributed by atoms with Gasteiger partial charge in [0.05, 0.1) is 6.61 Å². The van der Waals surface area contributed by atoms with Crippen molar-refractivity contribution in [1.29, 1.82) is 0 Å². The molecule has 2 unspecified atom stereocenters. The fourth-order valence-electron chi connectivity index (χ4n) is 2.07. The second kappa shape index (κ2) is 5.98. The maximum atomic E-state index is 11.7. The summed E-state index contributed by atoms with van der Waals surface area (Å²) in [5.41, 5.74) is 5.61. The van der Waals surface area contributed by atoms with Gasteiger partial charge in [-0.05, 0) is 25.3 Å². The van der Waals surface area contributed by atoms with Crippen LogP contribution in [-0.4, -0.2) is 32.7 Å². The van der Waals surface area contributed by atoms with Crippen LogP contribution in [0.4, 0.5) is 0 Å². The highest BCUT2D eigenvalue weighted by Gasteiger charge is 2.31. The Hall–Kier alpha value is -0.610. The molecule has 1 fully saturated rings. The number of carbonyl (C=O) groups is 1. The van der Waals surface area contributed by atoms with Gasteiger partial charge in [0.2, 0.25) is 5.91 Å². The minimum atomic E-state index is 0.136. The molecule has 0 radical (unpaired) electrons. The number of hydrogen-bond donors (Lipinski definition) is 2. The third-order valence-corrected chi connectivity index (χ3v) is 2.90. The first-order chi connectivity index (χ1) is 6.79. The van der Waals surface area contributed by atoms with E-state index in [2.05, 4.69) is 5.32 Å². The molecule has 1 amide bonds. The molecule has 4 nitrogen and oxygen atoms in total. The molecule has 1 saturated carbocycles. The largest absolute Gasteiger partial charge is 0.383 e. The monoisotopic (exact) mass is 200 g/mol. The van der Waals surface area contributed by atoms with Gasteiger partial charge < -0.3 is 15.8 Å². The summed E-state index contributed by atoms with van der Waals surface area (Å²) >= 11 is 0. The van der Waals surface area contributed by atoms with Crippen molar-refractivity contribution in [1.82, 2.24) is 5.32 Å². The SMILES string of the molecule is COCCNC(=O)C1CCCC1CN. The first kappa shape index (κ1) is 11.5. The molecule has 0 aromatic rings. The van der Waals surface area contributed by atoms with Crippen molar-refractivity contribution in [2.24, 2.45) is 17.6 Å². The molecule has 0 saturated heterocycles. The predicted molar refractivity (Wildman–Crippen MR) is 54.8 cm³/mol. The lowest BCUT2D eigenvalue weighted by Crippen LogP contribution is -2.36. The maximum Gasteiger partial charge on any atom is 0.223 e. The van der Waals surface area contributed by atoms with E-state index in [1.165, 1.54) is 0 Å². The average Bonchev–Trinajstić information content (AvgIpc) is 2.65. The van der Waals surface area contributed by atoms with E-state index in [-0.39, 0.29) is 11.8 Å². The van der Waals surface area contributed by atoms with Crippen molar-refractivity contribution in [2.45, 2.75) is 19.3 Å². The summed E-state index contributed by atoms with van der Waals surface area (Å²) in [6, 6.07) is 0. The third-order valence-electron chi connectivity index (χ3n) is 2.90. The first-order valence-corrected chi connectivity index (χ1v) is 5.26. The Morgan fingerprint density at radius 3 is 3.00 bits per heavy atom. The molecule has 0 aromatic carbocycles. The van der Waals surface area contributed by atoms with Crippen LogP contribution < -0.4 is 11.1 Å². The van der Waals surface area contributed by atoms with E-state index in [0.717, 1.165) is 19.3 Å². The highest BCUT2D eigenvalue weighted by atomic mass is 16.5. The Morgan fingerprint density at radius 2 is 2.36 bits per heavy atom. The highest BCUT2D eigenvalue weighted by molar-refractivity contribution is 5.79. The number of rotatable bonds is 5. The fraction of sp³-hybridized carbons (Fsp3) is 0.900. The van der Waals surface area contributed by atoms with Crippen LogP contribution in [0, 0.1) is 11.8 Å². The van der Waals surface area contributed by atoms with Crippen LogP contribution in [0.15, 0.2) is 0 Å². The van der Waals surface area contributed by atoms with Gasteiger partial charge in [-0.2, -0.15) is 0 Å². The van der Waals surface area contributed by atoms with Crippen molar-refractivity contribution in [2.75, 3.05) is 26.8 Å². The summed E-state index contributed by atoms with van der Waals surface area (Å²) in [4.78, 5) is 11.7. The smallest absolute Gasteiger partial charge is 0.223 e. The zero-order chi connectivity index (χ0) is 10.4. The summed E-state index contributed by atoms with van der Waals surface area (Å²) < 4.78 is 4.87. The highest BCUT2D eigenvalue weighted by Crippen LogP contribution is 2.30. The molecule has 0 spiro atoms. The van der Waals surface area contributed by atoms with Gasteiger partial charge in [0.15, 0.2) is 0 Å². The molecular formula is C10H20N2O2. The zero-order valence-electron chi connectivity index (χ0n) is 8.79. The van der Waals surface area contributed by atoms with Crippen LogP contribution in [0.3, 0.4) is 0 Å². The first-order valence-electron chi connectivity index (χ1n) is 5.26. The lowest BCUT2D eigenvalue weighted by molar-refractivity contribution is -0.126. The lowest BCUT2D eigenvalue weighted by Gasteiger charge is -2.17. The zero-order valence-corrected chi connectivity index (χ0v) is 8.79. The van der Waals surface area contributed by atoms with Crippen molar-refractivity contribution >= 4 is 5.91 Å². The van der Waals surface area contributed by atoms with Crippen LogP contribution in [0.1, 0.15) is 19.3 Å². The van der Waals surface area contributed by atoms with Gasteiger partial charge in [-0.1, -0.05) is 6.42 Å². The molecule has 1 aliphatic carbocycles. The van der Waals surface area contributed by atoms with E-state index in [4.69, 9.17) is 10.5 Å². The molecular weight excluding hydrogens is 180 g/mol. The van der Waals surface area contributed by atoms with Gasteiger partial charge in [-0.25, -0.2) is 0 Å². The Labute approximate surface area is 85.2 Å². The van der Waals surface area contributed by atoms with E-state index in [1.54, 1.807) is 7.11 Å². The van der Waals surface area contributed by atoms with Crippen LogP contribution in [0.25, 0.3) is 0 Å². The molecule has 0 heterocycles. The molecule has 1 aliphatic rings. The molecule has 2 atom stereocenters. The van der Waals surface area contributed by atoms with E-state index >= 15 is 0 Å². The predicted octanol–water partition coefficient (Wildman–Crippen LogP) is 0.124. The average molecular weight is 200 g/mol. The molecule has 82 valence electrons. The quantitative estimate of drug-likeness (QED) is 0.620. The number of nitrogens with two attached hydrogens (primary N) is 1. The summed E-state index contributed by atoms with van der Waals surface area (Å²) in [6.45, 7) is 1.80. The van der Waals surface area contributed by atoms with Crippen LogP contribution in [-0.2, 0) is 9.53 Å². The van der Waals surface area contributed by atoms with Crippen molar-refractivity contribution in [3.05, 3.63) is 0 Å². The number of ether oxygens (including phenoxy) is 1. The number of carbonyl (C=O) groups excluding carboxylic acids is 1. The van der Waals surface area contributed by atoms with E-state index in [1.807, 2.05) is 0 Å². The van der Waals surface area contributed by atoms with Gasteiger partial charge in [0, 0.05) is 19.6 Å². The number of amides is 1. The molecule has 1 rings (SSSR count). The normalized spacial score (nSPS) is 26.4. The van der Waals surface area contributed by atoms with E-state index < -0.39 is 0 Å². The minimum absolute atomic E-state index is 0.136. The standard InChI is InChI=1S/C10H20N2O2/c1-14-6-5-12-10(13)9-4-2-3-8(9)7-11/h8-9H,2-7,11H2,1H3,(H,12,13). The lowest BCUT2D eigenvalue weighted by atomic mass is 9.95. The third kappa shape index (κ3) is 2.96.